The molecule has 0 bridgehead atoms. The number of rotatable bonds is 2. The van der Waals surface area contributed by atoms with Gasteiger partial charge in [0.25, 0.3) is 0 Å². The number of carboxylic acid groups (broad SMARTS) is 1. The molecule has 104 valence electrons. The quantitative estimate of drug-likeness (QED) is 0.892. The summed E-state index contributed by atoms with van der Waals surface area (Å²) in [6.45, 7) is 0. The summed E-state index contributed by atoms with van der Waals surface area (Å²) in [7, 11) is 0. The molecule has 2 aromatic rings. The first-order chi connectivity index (χ1) is 9.59. The maximum Gasteiger partial charge on any atom is 0.356 e. The minimum absolute atomic E-state index is 0.00123. The maximum atomic E-state index is 11.3. The lowest BCUT2D eigenvalue weighted by molar-refractivity contribution is 0.0678. The van der Waals surface area contributed by atoms with Crippen molar-refractivity contribution < 1.29 is 15.0 Å². The topological polar surface area (TPSA) is 75.3 Å². The molecule has 0 fully saturated rings. The van der Waals surface area contributed by atoms with E-state index >= 15 is 0 Å². The fourth-order valence-corrected chi connectivity index (χ4v) is 2.83. The van der Waals surface area contributed by atoms with Crippen LogP contribution >= 0.6 is 11.6 Å². The Kier molecular flexibility index (Phi) is 3.23. The summed E-state index contributed by atoms with van der Waals surface area (Å²) < 4.78 is 1.59. The molecule has 0 saturated heterocycles. The zero-order valence-corrected chi connectivity index (χ0v) is 11.3. The van der Waals surface area contributed by atoms with Gasteiger partial charge in [-0.25, -0.2) is 9.78 Å². The molecule has 6 heteroatoms. The van der Waals surface area contributed by atoms with E-state index in [1.165, 1.54) is 0 Å². The van der Waals surface area contributed by atoms with E-state index in [1.807, 2.05) is 0 Å². The normalized spacial score (nSPS) is 17.8. The van der Waals surface area contributed by atoms with Crippen molar-refractivity contribution >= 4 is 17.6 Å². The van der Waals surface area contributed by atoms with Crippen LogP contribution in [-0.2, 0) is 6.42 Å². The summed E-state index contributed by atoms with van der Waals surface area (Å²) >= 11 is 6.16. The Morgan fingerprint density at radius 3 is 2.85 bits per heavy atom. The highest BCUT2D eigenvalue weighted by Crippen LogP contribution is 2.35. The molecule has 0 spiro atoms. The van der Waals surface area contributed by atoms with Crippen LogP contribution in [0, 0.1) is 0 Å². The molecule has 0 saturated carbocycles. The maximum absolute atomic E-state index is 11.3. The molecule has 3 rings (SSSR count). The van der Waals surface area contributed by atoms with E-state index in [0.29, 0.717) is 34.9 Å². The highest BCUT2D eigenvalue weighted by molar-refractivity contribution is 6.33. The fraction of sp³-hybridized carbons (Fsp3) is 0.286. The van der Waals surface area contributed by atoms with E-state index in [0.717, 1.165) is 6.42 Å². The number of carbonyl (C=O) groups is 1. The van der Waals surface area contributed by atoms with Gasteiger partial charge in [0.05, 0.1) is 10.7 Å². The van der Waals surface area contributed by atoms with Gasteiger partial charge < -0.3 is 14.8 Å². The van der Waals surface area contributed by atoms with Gasteiger partial charge in [-0.2, -0.15) is 0 Å². The number of fused-ring (bicyclic) bond motifs is 1. The minimum Gasteiger partial charge on any atom is -0.476 e. The number of aliphatic hydroxyl groups is 1. The number of aromatic carboxylic acids is 1. The Hall–Kier alpha value is -1.85. The average molecular weight is 293 g/mol. The van der Waals surface area contributed by atoms with E-state index in [4.69, 9.17) is 11.6 Å². The largest absolute Gasteiger partial charge is 0.476 e. The van der Waals surface area contributed by atoms with E-state index in [-0.39, 0.29) is 5.69 Å². The van der Waals surface area contributed by atoms with Crippen molar-refractivity contribution in [1.29, 1.82) is 0 Å². The fourth-order valence-electron chi connectivity index (χ4n) is 2.61. The van der Waals surface area contributed by atoms with Crippen LogP contribution in [0.1, 0.15) is 35.3 Å². The number of aliphatic hydroxyl groups excluding tert-OH is 1. The van der Waals surface area contributed by atoms with Crippen LogP contribution < -0.4 is 0 Å². The summed E-state index contributed by atoms with van der Waals surface area (Å²) in [5, 5.41) is 19.9. The lowest BCUT2D eigenvalue weighted by atomic mass is 10.1. The molecule has 0 amide bonds. The Morgan fingerprint density at radius 2 is 2.15 bits per heavy atom. The van der Waals surface area contributed by atoms with Crippen LogP contribution in [0.3, 0.4) is 0 Å². The average Bonchev–Trinajstić information content (AvgIpc) is 2.80. The van der Waals surface area contributed by atoms with Crippen molar-refractivity contribution in [3.63, 3.8) is 0 Å². The van der Waals surface area contributed by atoms with Crippen LogP contribution in [0.25, 0.3) is 11.4 Å². The second kappa shape index (κ2) is 4.92. The van der Waals surface area contributed by atoms with Crippen molar-refractivity contribution in [2.45, 2.75) is 25.5 Å². The number of hydrogen-bond donors (Lipinski definition) is 2. The predicted octanol–water partition coefficient (Wildman–Crippen LogP) is 2.73. The minimum atomic E-state index is -1.08. The van der Waals surface area contributed by atoms with Crippen LogP contribution in [-0.4, -0.2) is 25.7 Å². The van der Waals surface area contributed by atoms with Crippen molar-refractivity contribution in [3.8, 4) is 11.4 Å². The third kappa shape index (κ3) is 1.99. The lowest BCUT2D eigenvalue weighted by Crippen LogP contribution is -2.19. The van der Waals surface area contributed by atoms with Crippen molar-refractivity contribution in [2.24, 2.45) is 0 Å². The Bertz CT molecular complexity index is 681. The first-order valence-electron chi connectivity index (χ1n) is 6.37. The van der Waals surface area contributed by atoms with E-state index in [1.54, 1.807) is 28.8 Å². The third-order valence-electron chi connectivity index (χ3n) is 3.50. The lowest BCUT2D eigenvalue weighted by Gasteiger charge is -2.23. The van der Waals surface area contributed by atoms with E-state index in [9.17, 15) is 15.0 Å². The molecule has 2 N–H and O–H groups in total. The molecule has 0 aliphatic carbocycles. The van der Waals surface area contributed by atoms with Crippen molar-refractivity contribution in [2.75, 3.05) is 0 Å². The molecule has 0 radical (unpaired) electrons. The van der Waals surface area contributed by atoms with Gasteiger partial charge in [0.2, 0.25) is 0 Å². The highest BCUT2D eigenvalue weighted by Gasteiger charge is 2.29. The van der Waals surface area contributed by atoms with Gasteiger partial charge in [-0.05, 0) is 31.4 Å². The summed E-state index contributed by atoms with van der Waals surface area (Å²) in [5.74, 6) is -0.670. The zero-order valence-electron chi connectivity index (χ0n) is 10.6. The molecule has 5 nitrogen and oxygen atoms in total. The molecule has 1 aromatic carbocycles. The third-order valence-corrected chi connectivity index (χ3v) is 3.83. The van der Waals surface area contributed by atoms with Crippen LogP contribution in [0.2, 0.25) is 5.02 Å². The van der Waals surface area contributed by atoms with Gasteiger partial charge in [-0.3, -0.25) is 0 Å². The summed E-state index contributed by atoms with van der Waals surface area (Å²) in [5.41, 5.74) is 1.19. The summed E-state index contributed by atoms with van der Waals surface area (Å²) in [6.07, 6.45) is 1.16. The van der Waals surface area contributed by atoms with E-state index in [2.05, 4.69) is 4.98 Å². The van der Waals surface area contributed by atoms with Crippen LogP contribution in [0.4, 0.5) is 0 Å². The number of aromatic nitrogens is 2. The predicted molar refractivity (Wildman–Crippen MR) is 73.8 cm³/mol. The first-order valence-corrected chi connectivity index (χ1v) is 6.74. The van der Waals surface area contributed by atoms with Crippen molar-refractivity contribution in [3.05, 3.63) is 40.7 Å². The van der Waals surface area contributed by atoms with Gasteiger partial charge in [0.1, 0.15) is 12.1 Å². The van der Waals surface area contributed by atoms with Crippen molar-refractivity contribution in [1.82, 2.24) is 9.55 Å². The van der Waals surface area contributed by atoms with E-state index < -0.39 is 12.2 Å². The first kappa shape index (κ1) is 13.1. The highest BCUT2D eigenvalue weighted by atomic mass is 35.5. The number of hydrogen-bond acceptors (Lipinski definition) is 3. The molecule has 2 heterocycles. The van der Waals surface area contributed by atoms with Gasteiger partial charge in [-0.1, -0.05) is 23.7 Å². The summed E-state index contributed by atoms with van der Waals surface area (Å²) in [6, 6.07) is 7.08. The Morgan fingerprint density at radius 1 is 1.40 bits per heavy atom. The van der Waals surface area contributed by atoms with Gasteiger partial charge in [0, 0.05) is 5.56 Å². The van der Waals surface area contributed by atoms with Crippen LogP contribution in [0.5, 0.6) is 0 Å². The van der Waals surface area contributed by atoms with Crippen LogP contribution in [0.15, 0.2) is 24.3 Å². The molecule has 1 aliphatic rings. The molecular formula is C14H13ClN2O3. The molecule has 1 atom stereocenters. The SMILES string of the molecule is O=C(O)c1nc(-c2ccccc2Cl)n2c1CCCC2O. The summed E-state index contributed by atoms with van der Waals surface area (Å²) in [4.78, 5) is 15.5. The molecule has 20 heavy (non-hydrogen) atoms. The molecule has 1 aliphatic heterocycles. The monoisotopic (exact) mass is 292 g/mol. The second-order valence-corrected chi connectivity index (χ2v) is 5.17. The molecule has 1 aromatic heterocycles. The van der Waals surface area contributed by atoms with Gasteiger partial charge in [-0.15, -0.1) is 0 Å². The zero-order chi connectivity index (χ0) is 14.3. The van der Waals surface area contributed by atoms with Gasteiger partial charge in [0.15, 0.2) is 5.69 Å². The Balaban J connectivity index is 2.26. The number of carboxylic acids is 1. The Labute approximate surface area is 120 Å². The molecule has 1 unspecified atom stereocenters. The smallest absolute Gasteiger partial charge is 0.356 e. The number of nitrogens with zero attached hydrogens (tertiary/aromatic N) is 2. The molecular weight excluding hydrogens is 280 g/mol. The number of halogens is 1. The number of imidazole rings is 1. The number of benzene rings is 1. The second-order valence-electron chi connectivity index (χ2n) is 4.76. The van der Waals surface area contributed by atoms with Gasteiger partial charge >= 0.3 is 5.97 Å². The standard InChI is InChI=1S/C14H13ClN2O3/c15-9-5-2-1-4-8(9)13-16-12(14(19)20)10-6-3-7-11(18)17(10)13/h1-2,4-5,11,18H,3,6-7H2,(H,19,20).